The first-order chi connectivity index (χ1) is 6.40. The first-order valence-electron chi connectivity index (χ1n) is 5.05. The molecule has 0 amide bonds. The minimum Gasteiger partial charge on any atom is -0.299 e. The molecule has 0 heterocycles. The Bertz CT molecular complexity index is 348. The third-order valence-corrected chi connectivity index (χ3v) is 5.34. The van der Waals surface area contributed by atoms with Crippen molar-refractivity contribution in [2.75, 3.05) is 5.75 Å². The van der Waals surface area contributed by atoms with Crippen molar-refractivity contribution in [3.63, 3.8) is 0 Å². The van der Waals surface area contributed by atoms with E-state index < -0.39 is 16.1 Å². The average Bonchev–Trinajstić information content (AvgIpc) is 2.36. The SMILES string of the molecule is CC1(C)[C@H]2CC[C@@]1(C[SH](=O)=O)C(=O)C2. The molecule has 2 rings (SSSR count). The van der Waals surface area contributed by atoms with Gasteiger partial charge in [0.25, 0.3) is 0 Å². The van der Waals surface area contributed by atoms with Crippen LogP contribution in [0.25, 0.3) is 0 Å². The maximum Gasteiger partial charge on any atom is 0.141 e. The van der Waals surface area contributed by atoms with Gasteiger partial charge in [0, 0.05) is 11.8 Å². The van der Waals surface area contributed by atoms with Crippen LogP contribution in [0.5, 0.6) is 0 Å². The summed E-state index contributed by atoms with van der Waals surface area (Å²) >= 11 is 0. The van der Waals surface area contributed by atoms with Crippen LogP contribution in [0.1, 0.15) is 33.1 Å². The van der Waals surface area contributed by atoms with Gasteiger partial charge >= 0.3 is 0 Å². The Kier molecular flexibility index (Phi) is 2.04. The molecule has 0 saturated heterocycles. The molecule has 4 heteroatoms. The van der Waals surface area contributed by atoms with Gasteiger partial charge in [0.05, 0.1) is 5.75 Å². The van der Waals surface area contributed by atoms with Gasteiger partial charge in [-0.15, -0.1) is 0 Å². The smallest absolute Gasteiger partial charge is 0.141 e. The van der Waals surface area contributed by atoms with Crippen LogP contribution in [0.3, 0.4) is 0 Å². The molecule has 2 aliphatic rings. The van der Waals surface area contributed by atoms with Gasteiger partial charge in [-0.05, 0) is 24.2 Å². The van der Waals surface area contributed by atoms with E-state index in [2.05, 4.69) is 13.8 Å². The van der Waals surface area contributed by atoms with Crippen LogP contribution in [0, 0.1) is 16.7 Å². The van der Waals surface area contributed by atoms with E-state index in [0.717, 1.165) is 12.8 Å². The number of carbonyl (C=O) groups is 1. The Morgan fingerprint density at radius 2 is 2.07 bits per heavy atom. The molecule has 0 aromatic heterocycles. The predicted molar refractivity (Wildman–Crippen MR) is 53.7 cm³/mol. The summed E-state index contributed by atoms with van der Waals surface area (Å²) in [4.78, 5) is 11.8. The lowest BCUT2D eigenvalue weighted by molar-refractivity contribution is -0.127. The van der Waals surface area contributed by atoms with E-state index in [1.807, 2.05) is 0 Å². The molecule has 2 saturated carbocycles. The molecule has 2 fully saturated rings. The summed E-state index contributed by atoms with van der Waals surface area (Å²) in [6, 6.07) is 0. The van der Waals surface area contributed by atoms with Gasteiger partial charge in [-0.3, -0.25) is 4.79 Å². The third-order valence-electron chi connectivity index (χ3n) is 4.54. The van der Waals surface area contributed by atoms with Gasteiger partial charge in [0.2, 0.25) is 0 Å². The Morgan fingerprint density at radius 3 is 2.43 bits per heavy atom. The molecule has 2 aliphatic carbocycles. The van der Waals surface area contributed by atoms with E-state index in [1.54, 1.807) is 0 Å². The summed E-state index contributed by atoms with van der Waals surface area (Å²) in [6.45, 7) is 4.10. The molecule has 14 heavy (non-hydrogen) atoms. The molecule has 0 aliphatic heterocycles. The Balaban J connectivity index is 2.44. The largest absolute Gasteiger partial charge is 0.299 e. The van der Waals surface area contributed by atoms with Crippen LogP contribution in [-0.4, -0.2) is 20.0 Å². The van der Waals surface area contributed by atoms with Gasteiger partial charge in [-0.2, -0.15) is 0 Å². The lowest BCUT2D eigenvalue weighted by Crippen LogP contribution is -2.39. The van der Waals surface area contributed by atoms with E-state index in [4.69, 9.17) is 0 Å². The first kappa shape index (κ1) is 10.1. The predicted octanol–water partition coefficient (Wildman–Crippen LogP) is 0.993. The van der Waals surface area contributed by atoms with Crippen LogP contribution in [0.4, 0.5) is 0 Å². The summed E-state index contributed by atoms with van der Waals surface area (Å²) in [6.07, 6.45) is 2.38. The second-order valence-electron chi connectivity index (χ2n) is 5.16. The molecule has 0 spiro atoms. The standard InChI is InChI=1S/C10H16O3S/c1-9(2)7-3-4-10(9,6-14(12)13)8(11)5-7/h7,14H,3-6H2,1-2H3/t7-,10+/m0/s1. The van der Waals surface area contributed by atoms with Crippen molar-refractivity contribution in [2.45, 2.75) is 33.1 Å². The van der Waals surface area contributed by atoms with Gasteiger partial charge in [-0.25, -0.2) is 8.42 Å². The fraction of sp³-hybridized carbons (Fsp3) is 0.900. The number of hydrogen-bond donors (Lipinski definition) is 1. The summed E-state index contributed by atoms with van der Waals surface area (Å²) in [5.74, 6) is 0.646. The van der Waals surface area contributed by atoms with E-state index in [0.29, 0.717) is 12.3 Å². The Hall–Kier alpha value is -0.380. The number of ketones is 1. The monoisotopic (exact) mass is 216 g/mol. The maximum atomic E-state index is 11.8. The summed E-state index contributed by atoms with van der Waals surface area (Å²) in [5, 5.41) is 0. The molecule has 0 unspecified atom stereocenters. The molecular weight excluding hydrogens is 200 g/mol. The lowest BCUT2D eigenvalue weighted by Gasteiger charge is -2.34. The Morgan fingerprint density at radius 1 is 1.43 bits per heavy atom. The van der Waals surface area contributed by atoms with Crippen LogP contribution >= 0.6 is 0 Å². The van der Waals surface area contributed by atoms with E-state index in [1.165, 1.54) is 0 Å². The van der Waals surface area contributed by atoms with Crippen molar-refractivity contribution in [3.05, 3.63) is 0 Å². The normalized spacial score (nSPS) is 39.6. The van der Waals surface area contributed by atoms with Crippen LogP contribution < -0.4 is 0 Å². The second-order valence-corrected chi connectivity index (χ2v) is 6.14. The first-order valence-corrected chi connectivity index (χ1v) is 6.41. The molecular formula is C10H16O3S. The van der Waals surface area contributed by atoms with Crippen LogP contribution in [0.2, 0.25) is 0 Å². The molecule has 0 aromatic carbocycles. The van der Waals surface area contributed by atoms with Crippen LogP contribution in [-0.2, 0) is 15.5 Å². The van der Waals surface area contributed by atoms with Gasteiger partial charge in [0.1, 0.15) is 16.5 Å². The zero-order valence-corrected chi connectivity index (χ0v) is 9.47. The quantitative estimate of drug-likeness (QED) is 0.700. The number of Topliss-reactive ketones (excluding diaryl/α,β-unsaturated/α-hetero) is 1. The zero-order valence-electron chi connectivity index (χ0n) is 8.58. The number of fused-ring (bicyclic) bond motifs is 2. The molecule has 0 N–H and O–H groups in total. The van der Waals surface area contributed by atoms with Crippen molar-refractivity contribution in [1.82, 2.24) is 0 Å². The molecule has 80 valence electrons. The maximum absolute atomic E-state index is 11.8. The Labute approximate surface area is 85.8 Å². The molecule has 2 bridgehead atoms. The van der Waals surface area contributed by atoms with Crippen molar-refractivity contribution >= 4 is 16.5 Å². The highest BCUT2D eigenvalue weighted by Crippen LogP contribution is 2.63. The molecule has 3 nitrogen and oxygen atoms in total. The second kappa shape index (κ2) is 2.81. The minimum absolute atomic E-state index is 0.0602. The zero-order chi connectivity index (χ0) is 10.6. The van der Waals surface area contributed by atoms with Crippen molar-refractivity contribution in [2.24, 2.45) is 16.7 Å². The molecule has 0 radical (unpaired) electrons. The molecule has 2 atom stereocenters. The highest BCUT2D eigenvalue weighted by molar-refractivity contribution is 7.72. The average molecular weight is 216 g/mol. The summed E-state index contributed by atoms with van der Waals surface area (Å²) in [5.41, 5.74) is -0.660. The van der Waals surface area contributed by atoms with E-state index >= 15 is 0 Å². The van der Waals surface area contributed by atoms with Crippen molar-refractivity contribution < 1.29 is 13.2 Å². The summed E-state index contributed by atoms with van der Waals surface area (Å²) in [7, 11) is -2.45. The number of rotatable bonds is 2. The fourth-order valence-corrected chi connectivity index (χ4v) is 4.54. The topological polar surface area (TPSA) is 51.2 Å². The summed E-state index contributed by atoms with van der Waals surface area (Å²) < 4.78 is 21.7. The van der Waals surface area contributed by atoms with E-state index in [-0.39, 0.29) is 17.0 Å². The molecule has 0 aromatic rings. The third kappa shape index (κ3) is 1.03. The van der Waals surface area contributed by atoms with Gasteiger partial charge in [-0.1, -0.05) is 13.8 Å². The van der Waals surface area contributed by atoms with Crippen LogP contribution in [0.15, 0.2) is 0 Å². The van der Waals surface area contributed by atoms with Crippen molar-refractivity contribution in [3.8, 4) is 0 Å². The highest BCUT2D eigenvalue weighted by atomic mass is 32.2. The fourth-order valence-electron chi connectivity index (χ4n) is 3.36. The van der Waals surface area contributed by atoms with Crippen molar-refractivity contribution in [1.29, 1.82) is 0 Å². The number of carbonyl (C=O) groups excluding carboxylic acids is 1. The number of hydrogen-bond acceptors (Lipinski definition) is 3. The lowest BCUT2D eigenvalue weighted by atomic mass is 9.70. The van der Waals surface area contributed by atoms with E-state index in [9.17, 15) is 13.2 Å². The van der Waals surface area contributed by atoms with Gasteiger partial charge < -0.3 is 0 Å². The van der Waals surface area contributed by atoms with Gasteiger partial charge in [0.15, 0.2) is 0 Å². The highest BCUT2D eigenvalue weighted by Gasteiger charge is 2.64. The minimum atomic E-state index is -2.45. The number of thiol groups is 1.